The van der Waals surface area contributed by atoms with Gasteiger partial charge in [-0.3, -0.25) is 14.2 Å². The lowest BCUT2D eigenvalue weighted by molar-refractivity contribution is -0.146. The maximum atomic E-state index is 14.1. The molecular weight excluding hydrogens is 589 g/mol. The Morgan fingerprint density at radius 1 is 1.02 bits per heavy atom. The molecule has 2 N–H and O–H groups in total. The van der Waals surface area contributed by atoms with Crippen molar-refractivity contribution in [3.63, 3.8) is 0 Å². The molecule has 12 heteroatoms. The zero-order valence-electron chi connectivity index (χ0n) is 23.2. The predicted molar refractivity (Wildman–Crippen MR) is 154 cm³/mol. The van der Waals surface area contributed by atoms with Gasteiger partial charge < -0.3 is 24.6 Å². The first-order valence-corrected chi connectivity index (χ1v) is 13.7. The van der Waals surface area contributed by atoms with E-state index in [2.05, 4.69) is 5.32 Å². The second-order valence-corrected chi connectivity index (χ2v) is 10.8. The number of alkyl halides is 3. The zero-order valence-corrected chi connectivity index (χ0v) is 23.9. The van der Waals surface area contributed by atoms with Crippen molar-refractivity contribution in [3.8, 4) is 17.2 Å². The van der Waals surface area contributed by atoms with Crippen LogP contribution in [-0.2, 0) is 11.0 Å². The van der Waals surface area contributed by atoms with Gasteiger partial charge in [-0.15, -0.1) is 0 Å². The number of methoxy groups -OCH3 is 2. The molecule has 0 unspecified atom stereocenters. The van der Waals surface area contributed by atoms with E-state index in [-0.39, 0.29) is 23.1 Å². The Morgan fingerprint density at radius 3 is 2.35 bits per heavy atom. The van der Waals surface area contributed by atoms with Crippen LogP contribution in [0.1, 0.15) is 34.8 Å². The number of nitrogens with one attached hydrogen (secondary N) is 1. The summed E-state index contributed by atoms with van der Waals surface area (Å²) in [4.78, 5) is 25.2. The second kappa shape index (κ2) is 12.1. The third kappa shape index (κ3) is 6.51. The van der Waals surface area contributed by atoms with E-state index < -0.39 is 29.7 Å². The van der Waals surface area contributed by atoms with Gasteiger partial charge in [0.25, 0.3) is 5.91 Å². The third-order valence-corrected chi connectivity index (χ3v) is 7.75. The fraction of sp³-hybridized carbons (Fsp3) is 0.290. The average Bonchev–Trinajstić information content (AvgIpc) is 3.37. The Labute approximate surface area is 249 Å². The number of aromatic nitrogens is 1. The number of anilines is 1. The van der Waals surface area contributed by atoms with Crippen LogP contribution in [0.4, 0.5) is 18.9 Å². The number of aliphatic carboxylic acids is 1. The van der Waals surface area contributed by atoms with Gasteiger partial charge in [-0.25, -0.2) is 0 Å². The lowest BCUT2D eigenvalue weighted by Crippen LogP contribution is -2.33. The molecule has 43 heavy (non-hydrogen) atoms. The summed E-state index contributed by atoms with van der Waals surface area (Å²) in [7, 11) is 2.64. The molecule has 5 rings (SSSR count). The van der Waals surface area contributed by atoms with Crippen LogP contribution in [0.2, 0.25) is 5.02 Å². The monoisotopic (exact) mass is 616 g/mol. The smallest absolute Gasteiger partial charge is 0.420 e. The van der Waals surface area contributed by atoms with Crippen molar-refractivity contribution in [1.29, 1.82) is 0 Å². The topological polar surface area (TPSA) is 99.0 Å². The summed E-state index contributed by atoms with van der Waals surface area (Å²) in [6.45, 7) is 0.316. The lowest BCUT2D eigenvalue weighted by atomic mass is 9.75. The molecule has 3 aromatic carbocycles. The highest BCUT2D eigenvalue weighted by atomic mass is 35.5. The number of halogens is 4. The van der Waals surface area contributed by atoms with Crippen LogP contribution in [0.25, 0.3) is 10.9 Å². The van der Waals surface area contributed by atoms with Gasteiger partial charge in [0, 0.05) is 40.5 Å². The van der Waals surface area contributed by atoms with E-state index in [1.807, 2.05) is 0 Å². The van der Waals surface area contributed by atoms with Crippen LogP contribution in [0.5, 0.6) is 17.2 Å². The van der Waals surface area contributed by atoms with E-state index in [1.165, 1.54) is 23.9 Å². The summed E-state index contributed by atoms with van der Waals surface area (Å²) < 4.78 is 58.9. The first kappa shape index (κ1) is 30.1. The summed E-state index contributed by atoms with van der Waals surface area (Å²) in [5.74, 6) is -1.08. The van der Waals surface area contributed by atoms with Crippen LogP contribution >= 0.6 is 11.6 Å². The van der Waals surface area contributed by atoms with Crippen molar-refractivity contribution >= 4 is 40.1 Å². The molecule has 1 aliphatic carbocycles. The van der Waals surface area contributed by atoms with Gasteiger partial charge in [0.1, 0.15) is 23.3 Å². The van der Waals surface area contributed by atoms with E-state index in [0.29, 0.717) is 52.6 Å². The Hall–Kier alpha value is -4.38. The minimum Gasteiger partial charge on any atom is -0.497 e. The van der Waals surface area contributed by atoms with Gasteiger partial charge in [0.05, 0.1) is 37.8 Å². The highest BCUT2D eigenvalue weighted by Crippen LogP contribution is 2.40. The summed E-state index contributed by atoms with van der Waals surface area (Å²) in [6.07, 6.45) is -2.22. The van der Waals surface area contributed by atoms with E-state index in [4.69, 9.17) is 30.9 Å². The molecular formula is C31H28ClF3N2O6. The van der Waals surface area contributed by atoms with Crippen molar-refractivity contribution in [3.05, 3.63) is 83.0 Å². The largest absolute Gasteiger partial charge is 0.497 e. The summed E-state index contributed by atoms with van der Waals surface area (Å²) in [6, 6.07) is 14.2. The fourth-order valence-electron chi connectivity index (χ4n) is 5.14. The van der Waals surface area contributed by atoms with Gasteiger partial charge in [-0.2, -0.15) is 13.2 Å². The number of carbonyl (C=O) groups is 2. The number of hydrogen-bond acceptors (Lipinski definition) is 6. The maximum absolute atomic E-state index is 14.1. The number of carbonyl (C=O) groups excluding carboxylic acids is 1. The Bertz CT molecular complexity index is 1650. The molecule has 0 bridgehead atoms. The summed E-state index contributed by atoms with van der Waals surface area (Å²) in [5, 5.41) is 13.2. The third-order valence-electron chi connectivity index (χ3n) is 7.50. The fourth-order valence-corrected chi connectivity index (χ4v) is 5.26. The van der Waals surface area contributed by atoms with Gasteiger partial charge in [-0.1, -0.05) is 23.7 Å². The van der Waals surface area contributed by atoms with E-state index in [1.54, 1.807) is 48.5 Å². The van der Waals surface area contributed by atoms with Crippen molar-refractivity contribution in [2.45, 2.75) is 25.1 Å². The molecule has 1 saturated carbocycles. The predicted octanol–water partition coefficient (Wildman–Crippen LogP) is 7.31. The van der Waals surface area contributed by atoms with E-state index in [9.17, 15) is 22.8 Å². The molecule has 0 aliphatic heterocycles. The van der Waals surface area contributed by atoms with Crippen LogP contribution in [0.3, 0.4) is 0 Å². The van der Waals surface area contributed by atoms with Gasteiger partial charge in [0.15, 0.2) is 0 Å². The first-order chi connectivity index (χ1) is 20.5. The molecule has 1 aliphatic rings. The van der Waals surface area contributed by atoms with Gasteiger partial charge in [0.2, 0.25) is 0 Å². The standard InChI is InChI=1S/C31H28ClF3N2O6/c1-41-23-12-22(13-24(14-23)43-16-17-9-20(10-17)30(39)40)36-28(18-3-5-21(32)6-4-18)29(38)37-8-7-19-11-27(42-2)25(15-26(19)37)31(33,34)35/h3-8,11-15,17,20,28,36H,9-10,16H2,1-2H3,(H,39,40)/t17?,20?,28-/m1/s1. The quantitative estimate of drug-likeness (QED) is 0.193. The van der Waals surface area contributed by atoms with Crippen LogP contribution in [0.15, 0.2) is 66.9 Å². The van der Waals surface area contributed by atoms with Crippen LogP contribution in [0, 0.1) is 11.8 Å². The highest BCUT2D eigenvalue weighted by Gasteiger charge is 2.36. The molecule has 1 fully saturated rings. The summed E-state index contributed by atoms with van der Waals surface area (Å²) in [5.41, 5.74) is 0.0322. The minimum absolute atomic E-state index is 0.0636. The number of rotatable bonds is 10. The summed E-state index contributed by atoms with van der Waals surface area (Å²) >= 11 is 6.09. The minimum atomic E-state index is -4.70. The SMILES string of the molecule is COc1cc(N[C@@H](C(=O)n2ccc3cc(OC)c(C(F)(F)F)cc32)c2ccc(Cl)cc2)cc(OCC2CC(C(=O)O)C2)c1. The van der Waals surface area contributed by atoms with Crippen molar-refractivity contribution in [2.24, 2.45) is 11.8 Å². The van der Waals surface area contributed by atoms with Gasteiger partial charge in [-0.05, 0) is 54.7 Å². The number of fused-ring (bicyclic) bond motifs is 1. The maximum Gasteiger partial charge on any atom is 0.420 e. The Morgan fingerprint density at radius 2 is 1.72 bits per heavy atom. The number of benzene rings is 3. The molecule has 4 aromatic rings. The van der Waals surface area contributed by atoms with E-state index >= 15 is 0 Å². The molecule has 1 heterocycles. The van der Waals surface area contributed by atoms with Gasteiger partial charge >= 0.3 is 12.1 Å². The molecule has 0 saturated heterocycles. The number of hydrogen-bond donors (Lipinski definition) is 2. The number of nitrogens with zero attached hydrogens (tertiary/aromatic N) is 1. The Kier molecular flexibility index (Phi) is 8.45. The second-order valence-electron chi connectivity index (χ2n) is 10.3. The van der Waals surface area contributed by atoms with Crippen LogP contribution in [-0.4, -0.2) is 42.4 Å². The normalized spacial score (nSPS) is 17.2. The highest BCUT2D eigenvalue weighted by molar-refractivity contribution is 6.30. The molecule has 0 spiro atoms. The lowest BCUT2D eigenvalue weighted by Gasteiger charge is -2.32. The molecule has 8 nitrogen and oxygen atoms in total. The average molecular weight is 617 g/mol. The molecule has 1 atom stereocenters. The zero-order chi connectivity index (χ0) is 30.9. The van der Waals surface area contributed by atoms with Crippen molar-refractivity contribution in [1.82, 2.24) is 4.57 Å². The number of carboxylic acid groups (broad SMARTS) is 1. The van der Waals surface area contributed by atoms with Crippen molar-refractivity contribution in [2.75, 3.05) is 26.1 Å². The molecule has 0 radical (unpaired) electrons. The Balaban J connectivity index is 1.48. The molecule has 0 amide bonds. The molecule has 1 aromatic heterocycles. The van der Waals surface area contributed by atoms with Crippen molar-refractivity contribution < 1.29 is 42.1 Å². The molecule has 226 valence electrons. The van der Waals surface area contributed by atoms with Crippen LogP contribution < -0.4 is 19.5 Å². The first-order valence-electron chi connectivity index (χ1n) is 13.3. The number of carboxylic acids is 1. The number of ether oxygens (including phenoxy) is 3. The van der Waals surface area contributed by atoms with E-state index in [0.717, 1.165) is 13.2 Å².